The quantitative estimate of drug-likeness (QED) is 0.331. The molecule has 1 saturated carbocycles. The number of anilines is 2. The molecule has 0 bridgehead atoms. The van der Waals surface area contributed by atoms with Crippen molar-refractivity contribution in [2.75, 3.05) is 31.4 Å². The standard InChI is InChI=1S/C27H26N8O3/c1-34(14-16-4-8-18(37-2)9-5-16)26-24-20(12-22(31-32-24)29-27(36)17-6-7-17)21(13-28-26)25-30-23-11-10-19(38-3)15-35(23)33-25/h4-5,8-13,15,17H,6-7,14H2,1-3H3,(H,29,31,36)/i1D3. The van der Waals surface area contributed by atoms with E-state index in [0.29, 0.717) is 33.9 Å². The highest BCUT2D eigenvalue weighted by atomic mass is 16.5. The van der Waals surface area contributed by atoms with Gasteiger partial charge >= 0.3 is 0 Å². The van der Waals surface area contributed by atoms with Gasteiger partial charge in [0, 0.05) is 40.7 Å². The van der Waals surface area contributed by atoms with Crippen LogP contribution in [0.2, 0.25) is 0 Å². The smallest absolute Gasteiger partial charge is 0.228 e. The monoisotopic (exact) mass is 513 g/mol. The lowest BCUT2D eigenvalue weighted by molar-refractivity contribution is -0.117. The number of nitrogens with zero attached hydrogens (tertiary/aromatic N) is 7. The van der Waals surface area contributed by atoms with Gasteiger partial charge in [-0.2, -0.15) is 0 Å². The largest absolute Gasteiger partial charge is 0.497 e. The number of hydrogen-bond acceptors (Lipinski definition) is 9. The summed E-state index contributed by atoms with van der Waals surface area (Å²) in [6, 6.07) is 12.3. The molecule has 6 rings (SSSR count). The second-order valence-corrected chi connectivity index (χ2v) is 8.99. The van der Waals surface area contributed by atoms with E-state index in [-0.39, 0.29) is 35.5 Å². The molecule has 11 nitrogen and oxygen atoms in total. The fourth-order valence-electron chi connectivity index (χ4n) is 4.12. The molecule has 1 fully saturated rings. The van der Waals surface area contributed by atoms with Gasteiger partial charge in [-0.25, -0.2) is 14.5 Å². The molecule has 4 aromatic heterocycles. The van der Waals surface area contributed by atoms with Crippen molar-refractivity contribution in [2.45, 2.75) is 19.4 Å². The van der Waals surface area contributed by atoms with Gasteiger partial charge in [-0.1, -0.05) is 12.1 Å². The zero-order chi connectivity index (χ0) is 28.7. The Morgan fingerprint density at radius 1 is 1.13 bits per heavy atom. The lowest BCUT2D eigenvalue weighted by atomic mass is 10.1. The first-order chi connectivity index (χ1) is 19.7. The van der Waals surface area contributed by atoms with Gasteiger partial charge in [-0.05, 0) is 48.7 Å². The van der Waals surface area contributed by atoms with Crippen LogP contribution in [0.1, 0.15) is 22.5 Å². The maximum absolute atomic E-state index is 12.5. The van der Waals surface area contributed by atoms with Crippen LogP contribution in [-0.4, -0.2) is 56.9 Å². The van der Waals surface area contributed by atoms with E-state index < -0.39 is 6.98 Å². The van der Waals surface area contributed by atoms with E-state index in [9.17, 15) is 4.79 Å². The van der Waals surface area contributed by atoms with Crippen LogP contribution in [0.15, 0.2) is 54.9 Å². The Morgan fingerprint density at radius 3 is 2.66 bits per heavy atom. The number of rotatable bonds is 8. The van der Waals surface area contributed by atoms with Crippen LogP contribution in [0.3, 0.4) is 0 Å². The number of benzene rings is 1. The van der Waals surface area contributed by atoms with Gasteiger partial charge in [-0.15, -0.1) is 15.3 Å². The number of carbonyl (C=O) groups excluding carboxylic acids is 1. The van der Waals surface area contributed by atoms with Crippen molar-refractivity contribution >= 4 is 34.1 Å². The van der Waals surface area contributed by atoms with Crippen molar-refractivity contribution in [3.05, 3.63) is 60.4 Å². The molecule has 192 valence electrons. The SMILES string of the molecule is [2H]C([2H])([2H])N(Cc1ccc(OC)cc1)c1ncc(-c2nc3ccc(OC)cn3n2)c2cc(NC(=O)C3CC3)nnc12. The molecule has 4 heterocycles. The number of fused-ring (bicyclic) bond motifs is 2. The van der Waals surface area contributed by atoms with Crippen molar-refractivity contribution in [3.63, 3.8) is 0 Å². The topological polar surface area (TPSA) is 120 Å². The number of pyridine rings is 2. The van der Waals surface area contributed by atoms with Crippen LogP contribution in [0.25, 0.3) is 27.9 Å². The average Bonchev–Trinajstić information content (AvgIpc) is 3.74. The molecule has 1 aromatic carbocycles. The predicted molar refractivity (Wildman–Crippen MR) is 142 cm³/mol. The fourth-order valence-corrected chi connectivity index (χ4v) is 4.12. The van der Waals surface area contributed by atoms with E-state index in [4.69, 9.17) is 13.6 Å². The van der Waals surface area contributed by atoms with Gasteiger partial charge < -0.3 is 19.7 Å². The summed E-state index contributed by atoms with van der Waals surface area (Å²) >= 11 is 0. The highest BCUT2D eigenvalue weighted by Crippen LogP contribution is 2.33. The number of methoxy groups -OCH3 is 2. The molecule has 5 aromatic rings. The molecule has 38 heavy (non-hydrogen) atoms. The first kappa shape index (κ1) is 20.3. The van der Waals surface area contributed by atoms with Crippen molar-refractivity contribution in [1.82, 2.24) is 29.8 Å². The molecule has 1 N–H and O–H groups in total. The van der Waals surface area contributed by atoms with E-state index in [1.54, 1.807) is 67.4 Å². The minimum absolute atomic E-state index is 0.0240. The normalized spacial score (nSPS) is 14.5. The number of amides is 1. The van der Waals surface area contributed by atoms with Crippen molar-refractivity contribution in [3.8, 4) is 22.9 Å². The fraction of sp³-hybridized carbons (Fsp3) is 0.259. The van der Waals surface area contributed by atoms with Crippen molar-refractivity contribution < 1.29 is 18.4 Å². The minimum Gasteiger partial charge on any atom is -0.497 e. The predicted octanol–water partition coefficient (Wildman–Crippen LogP) is 3.74. The molecule has 11 heteroatoms. The Morgan fingerprint density at radius 2 is 1.92 bits per heavy atom. The Labute approximate surface area is 222 Å². The van der Waals surface area contributed by atoms with E-state index in [0.717, 1.165) is 18.4 Å². The molecular weight excluding hydrogens is 484 g/mol. The molecule has 0 radical (unpaired) electrons. The number of nitrogens with one attached hydrogen (secondary N) is 1. The van der Waals surface area contributed by atoms with Gasteiger partial charge in [0.25, 0.3) is 0 Å². The second-order valence-electron chi connectivity index (χ2n) is 8.99. The third kappa shape index (κ3) is 4.54. The van der Waals surface area contributed by atoms with E-state index in [2.05, 4.69) is 30.6 Å². The molecule has 0 saturated heterocycles. The van der Waals surface area contributed by atoms with Crippen LogP contribution >= 0.6 is 0 Å². The third-order valence-corrected chi connectivity index (χ3v) is 6.35. The maximum Gasteiger partial charge on any atom is 0.228 e. The average molecular weight is 514 g/mol. The lowest BCUT2D eigenvalue weighted by Gasteiger charge is -2.20. The zero-order valence-corrected chi connectivity index (χ0v) is 20.8. The van der Waals surface area contributed by atoms with Gasteiger partial charge in [0.1, 0.15) is 17.0 Å². The van der Waals surface area contributed by atoms with Gasteiger partial charge in [-0.3, -0.25) is 4.79 Å². The molecule has 1 aliphatic carbocycles. The molecule has 1 aliphatic rings. The summed E-state index contributed by atoms with van der Waals surface area (Å²) in [5.41, 5.74) is 2.04. The van der Waals surface area contributed by atoms with Crippen molar-refractivity contribution in [1.29, 1.82) is 0 Å². The van der Waals surface area contributed by atoms with Crippen LogP contribution in [0.4, 0.5) is 11.6 Å². The van der Waals surface area contributed by atoms with Crippen LogP contribution in [-0.2, 0) is 11.3 Å². The molecular formula is C27H26N8O3. The first-order valence-electron chi connectivity index (χ1n) is 13.5. The van der Waals surface area contributed by atoms with Crippen LogP contribution < -0.4 is 19.7 Å². The number of hydrogen-bond donors (Lipinski definition) is 1. The first-order valence-corrected chi connectivity index (χ1v) is 12.0. The summed E-state index contributed by atoms with van der Waals surface area (Å²) < 4.78 is 37.0. The summed E-state index contributed by atoms with van der Waals surface area (Å²) in [6.07, 6.45) is 4.88. The van der Waals surface area contributed by atoms with Crippen molar-refractivity contribution in [2.24, 2.45) is 5.92 Å². The molecule has 0 atom stereocenters. The Bertz CT molecular complexity index is 1750. The molecule has 0 spiro atoms. The molecule has 0 unspecified atom stereocenters. The van der Waals surface area contributed by atoms with E-state index >= 15 is 0 Å². The van der Waals surface area contributed by atoms with Gasteiger partial charge in [0.2, 0.25) is 5.91 Å². The highest BCUT2D eigenvalue weighted by Gasteiger charge is 2.30. The number of aromatic nitrogens is 6. The number of ether oxygens (including phenoxy) is 2. The molecule has 0 aliphatic heterocycles. The number of carbonyl (C=O) groups is 1. The summed E-state index contributed by atoms with van der Waals surface area (Å²) in [4.78, 5) is 22.8. The maximum atomic E-state index is 12.5. The minimum atomic E-state index is -2.56. The van der Waals surface area contributed by atoms with Gasteiger partial charge in [0.15, 0.2) is 23.1 Å². The second kappa shape index (κ2) is 9.58. The zero-order valence-electron chi connectivity index (χ0n) is 23.8. The summed E-state index contributed by atoms with van der Waals surface area (Å²) in [5, 5.41) is 16.5. The highest BCUT2D eigenvalue weighted by molar-refractivity contribution is 6.01. The Kier molecular flexibility index (Phi) is 5.11. The Hall–Kier alpha value is -4.80. The molecule has 1 amide bonds. The lowest BCUT2D eigenvalue weighted by Crippen LogP contribution is -2.19. The third-order valence-electron chi connectivity index (χ3n) is 6.35. The van der Waals surface area contributed by atoms with Gasteiger partial charge in [0.05, 0.1) is 20.4 Å². The Balaban J connectivity index is 1.48. The summed E-state index contributed by atoms with van der Waals surface area (Å²) in [6.45, 7) is -2.53. The summed E-state index contributed by atoms with van der Waals surface area (Å²) in [5.74, 6) is 1.79. The van der Waals surface area contributed by atoms with Crippen LogP contribution in [0.5, 0.6) is 11.5 Å². The van der Waals surface area contributed by atoms with E-state index in [1.165, 1.54) is 11.1 Å². The van der Waals surface area contributed by atoms with Crippen LogP contribution in [0, 0.1) is 5.92 Å². The van der Waals surface area contributed by atoms with E-state index in [1.807, 2.05) is 0 Å². The summed E-state index contributed by atoms with van der Waals surface area (Å²) in [7, 11) is 3.13.